The summed E-state index contributed by atoms with van der Waals surface area (Å²) in [5.74, 6) is 0. The Kier molecular flexibility index (Phi) is 3.19. The highest BCUT2D eigenvalue weighted by Crippen LogP contribution is 2.37. The minimum absolute atomic E-state index is 0.175. The van der Waals surface area contributed by atoms with Crippen molar-refractivity contribution in [2.24, 2.45) is 4.99 Å². The van der Waals surface area contributed by atoms with Gasteiger partial charge in [0.25, 0.3) is 0 Å². The van der Waals surface area contributed by atoms with Crippen LogP contribution in [0.15, 0.2) is 65.7 Å². The first kappa shape index (κ1) is 13.1. The fourth-order valence-corrected chi connectivity index (χ4v) is 2.78. The van der Waals surface area contributed by atoms with Crippen LogP contribution in [0, 0.1) is 0 Å². The van der Waals surface area contributed by atoms with Gasteiger partial charge >= 0.3 is 0 Å². The predicted octanol–water partition coefficient (Wildman–Crippen LogP) is 3.90. The smallest absolute Gasteiger partial charge is 0.108 e. The lowest BCUT2D eigenvalue weighted by atomic mass is 9.96. The molecule has 1 atom stereocenters. The van der Waals surface area contributed by atoms with Crippen molar-refractivity contribution in [3.8, 4) is 0 Å². The molecule has 0 bridgehead atoms. The first-order chi connectivity index (χ1) is 9.59. The summed E-state index contributed by atoms with van der Waals surface area (Å²) in [6, 6.07) is 21.3. The largest absolute Gasteiger partial charge is 0.270 e. The van der Waals surface area contributed by atoms with Crippen molar-refractivity contribution in [3.63, 3.8) is 0 Å². The first-order valence-corrected chi connectivity index (χ1v) is 7.02. The van der Waals surface area contributed by atoms with Gasteiger partial charge in [0.15, 0.2) is 0 Å². The van der Waals surface area contributed by atoms with E-state index in [4.69, 9.17) is 4.99 Å². The summed E-state index contributed by atoms with van der Waals surface area (Å²) in [7, 11) is 2.15. The Morgan fingerprint density at radius 3 is 2.05 bits per heavy atom. The number of likely N-dealkylation sites (N-methyl/N-ethyl adjacent to an activating group) is 1. The van der Waals surface area contributed by atoms with Crippen LogP contribution in [-0.4, -0.2) is 23.3 Å². The Hall–Kier alpha value is -1.93. The zero-order valence-corrected chi connectivity index (χ0v) is 12.2. The van der Waals surface area contributed by atoms with E-state index in [1.165, 1.54) is 11.1 Å². The lowest BCUT2D eigenvalue weighted by Gasteiger charge is -2.31. The van der Waals surface area contributed by atoms with Crippen molar-refractivity contribution in [1.82, 2.24) is 4.90 Å². The molecule has 20 heavy (non-hydrogen) atoms. The van der Waals surface area contributed by atoms with Gasteiger partial charge in [0.05, 0.1) is 11.8 Å². The van der Waals surface area contributed by atoms with Crippen LogP contribution >= 0.6 is 0 Å². The molecule has 1 aliphatic heterocycles. The van der Waals surface area contributed by atoms with Crippen molar-refractivity contribution in [2.75, 3.05) is 7.05 Å². The Bertz CT molecular complexity index is 614. The standard InChI is InChI=1S/C18H20N2/c1-18(2)19-16(14-10-6-4-7-11-14)17(20(18)3)15-12-8-5-9-13-15/h4-13,17H,1-3H3. The molecule has 0 fully saturated rings. The second-order valence-corrected chi connectivity index (χ2v) is 5.78. The Labute approximate surface area is 120 Å². The molecule has 102 valence electrons. The van der Waals surface area contributed by atoms with Crippen LogP contribution in [0.5, 0.6) is 0 Å². The van der Waals surface area contributed by atoms with Gasteiger partial charge < -0.3 is 0 Å². The maximum atomic E-state index is 4.97. The lowest BCUT2D eigenvalue weighted by Crippen LogP contribution is -2.37. The SMILES string of the molecule is CN1C(c2ccccc2)C(c2ccccc2)=NC1(C)C. The number of benzene rings is 2. The van der Waals surface area contributed by atoms with Gasteiger partial charge in [0, 0.05) is 0 Å². The van der Waals surface area contributed by atoms with Crippen LogP contribution in [0.2, 0.25) is 0 Å². The maximum Gasteiger partial charge on any atom is 0.108 e. The van der Waals surface area contributed by atoms with E-state index in [1.807, 2.05) is 6.07 Å². The van der Waals surface area contributed by atoms with E-state index in [1.54, 1.807) is 0 Å². The van der Waals surface area contributed by atoms with E-state index in [2.05, 4.69) is 80.4 Å². The van der Waals surface area contributed by atoms with Crippen molar-refractivity contribution in [1.29, 1.82) is 0 Å². The summed E-state index contributed by atoms with van der Waals surface area (Å²) in [5, 5.41) is 0. The van der Waals surface area contributed by atoms with E-state index in [0.717, 1.165) is 5.71 Å². The molecular formula is C18H20N2. The molecule has 0 radical (unpaired) electrons. The van der Waals surface area contributed by atoms with Crippen LogP contribution in [0.3, 0.4) is 0 Å². The normalized spacial score (nSPS) is 21.8. The summed E-state index contributed by atoms with van der Waals surface area (Å²) < 4.78 is 0. The average molecular weight is 264 g/mol. The molecule has 0 aromatic heterocycles. The topological polar surface area (TPSA) is 15.6 Å². The minimum atomic E-state index is -0.175. The van der Waals surface area contributed by atoms with E-state index in [0.29, 0.717) is 0 Å². The van der Waals surface area contributed by atoms with E-state index in [9.17, 15) is 0 Å². The second kappa shape index (κ2) is 4.88. The molecule has 2 heteroatoms. The molecular weight excluding hydrogens is 244 g/mol. The molecule has 0 spiro atoms. The van der Waals surface area contributed by atoms with Crippen LogP contribution in [-0.2, 0) is 0 Å². The van der Waals surface area contributed by atoms with Crippen LogP contribution < -0.4 is 0 Å². The van der Waals surface area contributed by atoms with Crippen molar-refractivity contribution in [2.45, 2.75) is 25.6 Å². The highest BCUT2D eigenvalue weighted by molar-refractivity contribution is 6.06. The van der Waals surface area contributed by atoms with Crippen LogP contribution in [0.4, 0.5) is 0 Å². The lowest BCUT2D eigenvalue weighted by molar-refractivity contribution is 0.167. The van der Waals surface area contributed by atoms with Crippen molar-refractivity contribution >= 4 is 5.71 Å². The minimum Gasteiger partial charge on any atom is -0.270 e. The van der Waals surface area contributed by atoms with Crippen LogP contribution in [0.25, 0.3) is 0 Å². The summed E-state index contributed by atoms with van der Waals surface area (Å²) in [5.41, 5.74) is 3.48. The van der Waals surface area contributed by atoms with Crippen LogP contribution in [0.1, 0.15) is 31.0 Å². The number of hydrogen-bond acceptors (Lipinski definition) is 2. The third-order valence-corrected chi connectivity index (χ3v) is 4.09. The van der Waals surface area contributed by atoms with Gasteiger partial charge in [-0.15, -0.1) is 0 Å². The zero-order chi connectivity index (χ0) is 14.2. The number of hydrogen-bond donors (Lipinski definition) is 0. The molecule has 0 saturated carbocycles. The van der Waals surface area contributed by atoms with Crippen molar-refractivity contribution < 1.29 is 0 Å². The quantitative estimate of drug-likeness (QED) is 0.803. The number of rotatable bonds is 2. The second-order valence-electron chi connectivity index (χ2n) is 5.78. The van der Waals surface area contributed by atoms with Gasteiger partial charge in [-0.3, -0.25) is 9.89 Å². The molecule has 0 N–H and O–H groups in total. The highest BCUT2D eigenvalue weighted by atomic mass is 15.3. The van der Waals surface area contributed by atoms with Gasteiger partial charge in [-0.05, 0) is 32.0 Å². The first-order valence-electron chi connectivity index (χ1n) is 7.02. The van der Waals surface area contributed by atoms with Gasteiger partial charge in [-0.2, -0.15) is 0 Å². The average Bonchev–Trinajstić information content (AvgIpc) is 2.72. The summed E-state index contributed by atoms with van der Waals surface area (Å²) in [4.78, 5) is 7.31. The van der Waals surface area contributed by atoms with Gasteiger partial charge in [-0.1, -0.05) is 60.7 Å². The molecule has 2 aromatic carbocycles. The number of aliphatic imine (C=N–C) groups is 1. The van der Waals surface area contributed by atoms with Gasteiger partial charge in [-0.25, -0.2) is 0 Å². The Balaban J connectivity index is 2.10. The Morgan fingerprint density at radius 2 is 1.45 bits per heavy atom. The third-order valence-electron chi connectivity index (χ3n) is 4.09. The highest BCUT2D eigenvalue weighted by Gasteiger charge is 2.40. The van der Waals surface area contributed by atoms with Gasteiger partial charge in [0.1, 0.15) is 5.66 Å². The maximum absolute atomic E-state index is 4.97. The fourth-order valence-electron chi connectivity index (χ4n) is 2.78. The molecule has 1 heterocycles. The van der Waals surface area contributed by atoms with Crippen molar-refractivity contribution in [3.05, 3.63) is 71.8 Å². The van der Waals surface area contributed by atoms with E-state index in [-0.39, 0.29) is 11.7 Å². The molecule has 3 rings (SSSR count). The van der Waals surface area contributed by atoms with E-state index >= 15 is 0 Å². The predicted molar refractivity (Wildman–Crippen MR) is 84.0 cm³/mol. The van der Waals surface area contributed by atoms with Gasteiger partial charge in [0.2, 0.25) is 0 Å². The molecule has 0 saturated heterocycles. The molecule has 1 unspecified atom stereocenters. The molecule has 2 nitrogen and oxygen atoms in total. The molecule has 0 aliphatic carbocycles. The molecule has 2 aromatic rings. The molecule has 1 aliphatic rings. The summed E-state index contributed by atoms with van der Waals surface area (Å²) >= 11 is 0. The number of nitrogens with zero attached hydrogens (tertiary/aromatic N) is 2. The third kappa shape index (κ3) is 2.16. The summed E-state index contributed by atoms with van der Waals surface area (Å²) in [6.45, 7) is 4.33. The van der Waals surface area contributed by atoms with E-state index < -0.39 is 0 Å². The summed E-state index contributed by atoms with van der Waals surface area (Å²) in [6.07, 6.45) is 0. The zero-order valence-electron chi connectivity index (χ0n) is 12.2. The monoisotopic (exact) mass is 264 g/mol. The fraction of sp³-hybridized carbons (Fsp3) is 0.278. The Morgan fingerprint density at radius 1 is 0.900 bits per heavy atom. The molecule has 0 amide bonds.